The lowest BCUT2D eigenvalue weighted by Gasteiger charge is -2.12. The number of hydrogen-bond acceptors (Lipinski definition) is 5. The number of nitrogens with one attached hydrogen (secondary N) is 1. The van der Waals surface area contributed by atoms with Crippen LogP contribution in [-0.4, -0.2) is 29.5 Å². The second-order valence-corrected chi connectivity index (χ2v) is 3.71. The van der Waals surface area contributed by atoms with Gasteiger partial charge in [-0.05, 0) is 13.3 Å². The van der Waals surface area contributed by atoms with Gasteiger partial charge >= 0.3 is 0 Å². The Morgan fingerprint density at radius 3 is 2.82 bits per heavy atom. The molecule has 1 unspecified atom stereocenters. The van der Waals surface area contributed by atoms with Crippen molar-refractivity contribution in [3.05, 3.63) is 11.8 Å². The average molecular weight is 238 g/mol. The molecule has 0 aliphatic carbocycles. The zero-order valence-electron chi connectivity index (χ0n) is 10.4. The minimum absolute atomic E-state index is 0.164. The minimum atomic E-state index is -0.217. The van der Waals surface area contributed by atoms with Crippen molar-refractivity contribution in [3.63, 3.8) is 0 Å². The lowest BCUT2D eigenvalue weighted by Crippen LogP contribution is -2.29. The fourth-order valence-corrected chi connectivity index (χ4v) is 1.37. The molecule has 3 N–H and O–H groups in total. The number of nitrogens with zero attached hydrogens (tertiary/aromatic N) is 2. The number of aryl methyl sites for hydroxylation is 1. The first-order valence-electron chi connectivity index (χ1n) is 5.51. The summed E-state index contributed by atoms with van der Waals surface area (Å²) in [6.45, 7) is 4.03. The highest BCUT2D eigenvalue weighted by molar-refractivity contribution is 5.91. The topological polar surface area (TPSA) is 90.1 Å². The first-order valence-corrected chi connectivity index (χ1v) is 5.51. The number of rotatable bonds is 5. The van der Waals surface area contributed by atoms with E-state index < -0.39 is 0 Å². The van der Waals surface area contributed by atoms with Gasteiger partial charge in [0.05, 0.1) is 13.0 Å². The lowest BCUT2D eigenvalue weighted by molar-refractivity contribution is -0.119. The van der Waals surface area contributed by atoms with Crippen LogP contribution in [-0.2, 0) is 4.79 Å². The highest BCUT2D eigenvalue weighted by atomic mass is 16.5. The molecule has 0 radical (unpaired) electrons. The predicted octanol–water partition coefficient (Wildman–Crippen LogP) is 0.717. The van der Waals surface area contributed by atoms with Crippen LogP contribution in [0.15, 0.2) is 6.07 Å². The van der Waals surface area contributed by atoms with Crippen molar-refractivity contribution in [2.45, 2.75) is 20.3 Å². The van der Waals surface area contributed by atoms with Gasteiger partial charge in [0.15, 0.2) is 0 Å². The van der Waals surface area contributed by atoms with E-state index in [2.05, 4.69) is 15.3 Å². The van der Waals surface area contributed by atoms with Gasteiger partial charge in [-0.1, -0.05) is 6.92 Å². The summed E-state index contributed by atoms with van der Waals surface area (Å²) in [5, 5.41) is 2.64. The van der Waals surface area contributed by atoms with Crippen LogP contribution in [0.4, 0.5) is 5.95 Å². The Balaban J connectivity index is 2.80. The second kappa shape index (κ2) is 6.15. The van der Waals surface area contributed by atoms with E-state index in [1.807, 2.05) is 6.92 Å². The molecule has 1 aromatic rings. The number of ether oxygens (including phenoxy) is 1. The van der Waals surface area contributed by atoms with Gasteiger partial charge in [-0.25, -0.2) is 4.98 Å². The summed E-state index contributed by atoms with van der Waals surface area (Å²) < 4.78 is 5.00. The summed E-state index contributed by atoms with van der Waals surface area (Å²) in [6, 6.07) is 1.69. The Labute approximate surface area is 101 Å². The molecule has 0 aliphatic heterocycles. The summed E-state index contributed by atoms with van der Waals surface area (Å²) in [4.78, 5) is 19.9. The molecule has 0 bridgehead atoms. The number of methoxy groups -OCH3 is 1. The molecule has 0 fully saturated rings. The molecule has 0 saturated heterocycles. The van der Waals surface area contributed by atoms with E-state index in [4.69, 9.17) is 10.5 Å². The molecular formula is C11H18N4O2. The van der Waals surface area contributed by atoms with Gasteiger partial charge in [-0.3, -0.25) is 10.1 Å². The van der Waals surface area contributed by atoms with E-state index in [1.165, 1.54) is 7.11 Å². The van der Waals surface area contributed by atoms with Crippen molar-refractivity contribution >= 4 is 11.9 Å². The third-order valence-corrected chi connectivity index (χ3v) is 2.42. The molecule has 0 saturated carbocycles. The Bertz CT molecular complexity index is 391. The van der Waals surface area contributed by atoms with Crippen LogP contribution in [0, 0.1) is 12.8 Å². The zero-order valence-corrected chi connectivity index (χ0v) is 10.4. The van der Waals surface area contributed by atoms with Crippen molar-refractivity contribution in [2.24, 2.45) is 11.7 Å². The highest BCUT2D eigenvalue weighted by Crippen LogP contribution is 2.12. The predicted molar refractivity (Wildman–Crippen MR) is 64.8 cm³/mol. The number of nitrogens with two attached hydrogens (primary N) is 1. The van der Waals surface area contributed by atoms with Crippen LogP contribution in [0.25, 0.3) is 0 Å². The molecule has 17 heavy (non-hydrogen) atoms. The van der Waals surface area contributed by atoms with Crippen molar-refractivity contribution < 1.29 is 9.53 Å². The first kappa shape index (κ1) is 13.4. The van der Waals surface area contributed by atoms with Crippen LogP contribution >= 0.6 is 0 Å². The molecular weight excluding hydrogens is 220 g/mol. The van der Waals surface area contributed by atoms with Crippen LogP contribution in [0.3, 0.4) is 0 Å². The van der Waals surface area contributed by atoms with Gasteiger partial charge in [0, 0.05) is 18.3 Å². The maximum Gasteiger partial charge on any atom is 0.232 e. The molecule has 1 rings (SSSR count). The van der Waals surface area contributed by atoms with Crippen LogP contribution in [0.2, 0.25) is 0 Å². The van der Waals surface area contributed by atoms with Gasteiger partial charge in [0.2, 0.25) is 17.7 Å². The largest absolute Gasteiger partial charge is 0.481 e. The molecule has 1 atom stereocenters. The first-order chi connectivity index (χ1) is 8.10. The SMILES string of the molecule is CCC(CN)C(=O)Nc1nc(C)cc(OC)n1. The molecule has 0 aliphatic rings. The standard InChI is InChI=1S/C11H18N4O2/c1-4-8(6-12)10(16)15-11-13-7(2)5-9(14-11)17-3/h5,8H,4,6,12H2,1-3H3,(H,13,14,15,16). The number of anilines is 1. The van der Waals surface area contributed by atoms with Gasteiger partial charge < -0.3 is 10.5 Å². The highest BCUT2D eigenvalue weighted by Gasteiger charge is 2.16. The van der Waals surface area contributed by atoms with E-state index in [-0.39, 0.29) is 17.8 Å². The normalized spacial score (nSPS) is 12.0. The minimum Gasteiger partial charge on any atom is -0.481 e. The summed E-state index contributed by atoms with van der Waals surface area (Å²) >= 11 is 0. The van der Waals surface area contributed by atoms with Crippen molar-refractivity contribution in [1.82, 2.24) is 9.97 Å². The van der Waals surface area contributed by atoms with Gasteiger partial charge in [0.1, 0.15) is 0 Å². The van der Waals surface area contributed by atoms with E-state index in [9.17, 15) is 4.79 Å². The third kappa shape index (κ3) is 3.67. The van der Waals surface area contributed by atoms with E-state index in [0.29, 0.717) is 18.8 Å². The second-order valence-electron chi connectivity index (χ2n) is 3.71. The molecule has 0 aromatic carbocycles. The zero-order chi connectivity index (χ0) is 12.8. The molecule has 0 spiro atoms. The molecule has 1 heterocycles. The fourth-order valence-electron chi connectivity index (χ4n) is 1.37. The van der Waals surface area contributed by atoms with Crippen LogP contribution in [0.1, 0.15) is 19.0 Å². The van der Waals surface area contributed by atoms with Crippen molar-refractivity contribution in [3.8, 4) is 5.88 Å². The molecule has 94 valence electrons. The number of carbonyl (C=O) groups is 1. The lowest BCUT2D eigenvalue weighted by atomic mass is 10.1. The maximum absolute atomic E-state index is 11.8. The molecule has 1 aromatic heterocycles. The summed E-state index contributed by atoms with van der Waals surface area (Å²) in [6.07, 6.45) is 0.686. The molecule has 6 nitrogen and oxygen atoms in total. The quantitative estimate of drug-likeness (QED) is 0.788. The van der Waals surface area contributed by atoms with E-state index in [0.717, 1.165) is 5.69 Å². The monoisotopic (exact) mass is 238 g/mol. The van der Waals surface area contributed by atoms with E-state index >= 15 is 0 Å². The molecule has 6 heteroatoms. The average Bonchev–Trinajstić information content (AvgIpc) is 2.29. The maximum atomic E-state index is 11.8. The Hall–Kier alpha value is -1.69. The van der Waals surface area contributed by atoms with Crippen molar-refractivity contribution in [1.29, 1.82) is 0 Å². The Morgan fingerprint density at radius 1 is 1.59 bits per heavy atom. The fraction of sp³-hybridized carbons (Fsp3) is 0.545. The van der Waals surface area contributed by atoms with Crippen LogP contribution < -0.4 is 15.8 Å². The summed E-state index contributed by atoms with van der Waals surface area (Å²) in [7, 11) is 1.52. The summed E-state index contributed by atoms with van der Waals surface area (Å²) in [5.74, 6) is 0.292. The Kier molecular flexibility index (Phi) is 4.84. The third-order valence-electron chi connectivity index (χ3n) is 2.42. The summed E-state index contributed by atoms with van der Waals surface area (Å²) in [5.41, 5.74) is 6.23. The van der Waals surface area contributed by atoms with Gasteiger partial charge in [-0.2, -0.15) is 4.98 Å². The Morgan fingerprint density at radius 2 is 2.29 bits per heavy atom. The van der Waals surface area contributed by atoms with Crippen molar-refractivity contribution in [2.75, 3.05) is 19.0 Å². The number of aromatic nitrogens is 2. The molecule has 1 amide bonds. The van der Waals surface area contributed by atoms with Gasteiger partial charge in [-0.15, -0.1) is 0 Å². The van der Waals surface area contributed by atoms with Crippen LogP contribution in [0.5, 0.6) is 5.88 Å². The number of carbonyl (C=O) groups excluding carboxylic acids is 1. The number of hydrogen-bond donors (Lipinski definition) is 2. The smallest absolute Gasteiger partial charge is 0.232 e. The number of amides is 1. The van der Waals surface area contributed by atoms with E-state index in [1.54, 1.807) is 13.0 Å². The van der Waals surface area contributed by atoms with Gasteiger partial charge in [0.25, 0.3) is 0 Å².